The average molecular weight is 489 g/mol. The fourth-order valence-corrected chi connectivity index (χ4v) is 4.04. The molecule has 1 amide bonds. The number of hydrogen-bond acceptors (Lipinski definition) is 6. The van der Waals surface area contributed by atoms with E-state index in [9.17, 15) is 24.5 Å². The van der Waals surface area contributed by atoms with Crippen molar-refractivity contribution in [2.24, 2.45) is 5.92 Å². The molecule has 36 heavy (non-hydrogen) atoms. The minimum Gasteiger partial charge on any atom is -0.449 e. The number of amides is 1. The Bertz CT molecular complexity index is 1170. The van der Waals surface area contributed by atoms with Gasteiger partial charge in [0.15, 0.2) is 0 Å². The average Bonchev–Trinajstić information content (AvgIpc) is 2.86. The number of benzene rings is 2. The van der Waals surface area contributed by atoms with Gasteiger partial charge in [-0.25, -0.2) is 9.18 Å². The van der Waals surface area contributed by atoms with Crippen LogP contribution in [-0.4, -0.2) is 40.8 Å². The molecule has 3 rings (SSSR count). The number of nitrogens with one attached hydrogen (secondary N) is 1. The van der Waals surface area contributed by atoms with E-state index in [4.69, 9.17) is 4.74 Å². The summed E-state index contributed by atoms with van der Waals surface area (Å²) in [6.45, 7) is 1.99. The van der Waals surface area contributed by atoms with Crippen LogP contribution in [0.3, 0.4) is 0 Å². The SMILES string of the molecule is CC(Cc1cccc(CCOC(=O)N[C@@H](Cc2ccccc2)B(O)O)c1)C(C#N)c1ncccc1F. The number of ether oxygens (including phenoxy) is 1. The lowest BCUT2D eigenvalue weighted by atomic mass is 9.76. The minimum atomic E-state index is -1.73. The summed E-state index contributed by atoms with van der Waals surface area (Å²) >= 11 is 0. The molecule has 0 aliphatic rings. The van der Waals surface area contributed by atoms with E-state index < -0.39 is 30.9 Å². The zero-order valence-corrected chi connectivity index (χ0v) is 20.0. The molecule has 0 spiro atoms. The normalized spacial score (nSPS) is 13.2. The number of alkyl carbamates (subject to hydrolysis) is 1. The van der Waals surface area contributed by atoms with Gasteiger partial charge in [0.05, 0.1) is 30.2 Å². The maximum atomic E-state index is 14.1. The number of halogens is 1. The van der Waals surface area contributed by atoms with E-state index in [1.165, 1.54) is 18.3 Å². The minimum absolute atomic E-state index is 0.102. The van der Waals surface area contributed by atoms with Gasteiger partial charge < -0.3 is 20.1 Å². The van der Waals surface area contributed by atoms with E-state index in [0.29, 0.717) is 12.8 Å². The molecule has 0 aliphatic carbocycles. The van der Waals surface area contributed by atoms with Gasteiger partial charge in [-0.1, -0.05) is 61.5 Å². The van der Waals surface area contributed by atoms with Gasteiger partial charge in [0.1, 0.15) is 5.82 Å². The second kappa shape index (κ2) is 13.4. The number of aromatic nitrogens is 1. The molecule has 9 heteroatoms. The van der Waals surface area contributed by atoms with Crippen molar-refractivity contribution in [2.75, 3.05) is 6.61 Å². The van der Waals surface area contributed by atoms with Crippen LogP contribution in [-0.2, 0) is 24.0 Å². The van der Waals surface area contributed by atoms with Crippen molar-refractivity contribution >= 4 is 13.2 Å². The first kappa shape index (κ1) is 26.9. The van der Waals surface area contributed by atoms with Crippen LogP contribution < -0.4 is 5.32 Å². The van der Waals surface area contributed by atoms with Crippen LogP contribution in [0.5, 0.6) is 0 Å². The number of rotatable bonds is 11. The van der Waals surface area contributed by atoms with Crippen molar-refractivity contribution in [1.82, 2.24) is 10.3 Å². The summed E-state index contributed by atoms with van der Waals surface area (Å²) in [5.41, 5.74) is 2.92. The zero-order valence-electron chi connectivity index (χ0n) is 20.0. The number of hydrogen-bond donors (Lipinski definition) is 3. The summed E-state index contributed by atoms with van der Waals surface area (Å²) in [6.07, 6.45) is 2.01. The summed E-state index contributed by atoms with van der Waals surface area (Å²) in [5.74, 6) is -2.22. The van der Waals surface area contributed by atoms with Crippen molar-refractivity contribution in [3.8, 4) is 6.07 Å². The monoisotopic (exact) mass is 489 g/mol. The van der Waals surface area contributed by atoms with Crippen LogP contribution in [0.15, 0.2) is 72.9 Å². The standard InChI is InChI=1S/C27H29BFN3O4/c1-19(23(18-30)26-24(29)11-6-13-31-26)15-22-10-5-9-21(16-22)12-14-36-27(33)32-25(28(34)35)17-20-7-3-2-4-8-20/h2-11,13,16,19,23,25,34-35H,12,14-15,17H2,1H3,(H,32,33)/t19?,23?,25-/m0/s1. The lowest BCUT2D eigenvalue weighted by molar-refractivity contribution is 0.144. The van der Waals surface area contributed by atoms with E-state index in [1.54, 1.807) is 0 Å². The smallest absolute Gasteiger partial charge is 0.449 e. The third-order valence-electron chi connectivity index (χ3n) is 5.92. The predicted molar refractivity (Wildman–Crippen MR) is 134 cm³/mol. The lowest BCUT2D eigenvalue weighted by Crippen LogP contribution is -2.48. The Morgan fingerprint density at radius 2 is 1.81 bits per heavy atom. The van der Waals surface area contributed by atoms with E-state index in [-0.39, 0.29) is 24.6 Å². The zero-order chi connectivity index (χ0) is 25.9. The molecule has 3 atom stereocenters. The molecule has 186 valence electrons. The van der Waals surface area contributed by atoms with Crippen LogP contribution in [0.2, 0.25) is 0 Å². The second-order valence-electron chi connectivity index (χ2n) is 8.72. The van der Waals surface area contributed by atoms with E-state index >= 15 is 0 Å². The third-order valence-corrected chi connectivity index (χ3v) is 5.92. The quantitative estimate of drug-likeness (QED) is 0.355. The largest absolute Gasteiger partial charge is 0.475 e. The van der Waals surface area contributed by atoms with Gasteiger partial charge in [-0.3, -0.25) is 4.98 Å². The molecular weight excluding hydrogens is 460 g/mol. The fourth-order valence-electron chi connectivity index (χ4n) is 4.04. The molecule has 0 aliphatic heterocycles. The molecule has 2 unspecified atom stereocenters. The first-order valence-electron chi connectivity index (χ1n) is 11.8. The van der Waals surface area contributed by atoms with Gasteiger partial charge in [0.2, 0.25) is 0 Å². The Morgan fingerprint density at radius 1 is 1.08 bits per heavy atom. The van der Waals surface area contributed by atoms with Crippen LogP contribution in [0.1, 0.15) is 35.2 Å². The van der Waals surface area contributed by atoms with Gasteiger partial charge in [-0.15, -0.1) is 0 Å². The highest BCUT2D eigenvalue weighted by Crippen LogP contribution is 2.27. The first-order valence-corrected chi connectivity index (χ1v) is 11.8. The predicted octanol–water partition coefficient (Wildman–Crippen LogP) is 3.60. The van der Waals surface area contributed by atoms with E-state index in [2.05, 4.69) is 16.4 Å². The van der Waals surface area contributed by atoms with Gasteiger partial charge in [0.25, 0.3) is 0 Å². The highest BCUT2D eigenvalue weighted by Gasteiger charge is 2.26. The Balaban J connectivity index is 1.51. The Kier molecular flexibility index (Phi) is 9.98. The number of nitriles is 1. The Hall–Kier alpha value is -3.74. The Morgan fingerprint density at radius 3 is 2.50 bits per heavy atom. The molecule has 0 bridgehead atoms. The third kappa shape index (κ3) is 7.90. The van der Waals surface area contributed by atoms with Crippen molar-refractivity contribution in [1.29, 1.82) is 5.26 Å². The molecule has 7 nitrogen and oxygen atoms in total. The van der Waals surface area contributed by atoms with Crippen molar-refractivity contribution in [3.63, 3.8) is 0 Å². The topological polar surface area (TPSA) is 115 Å². The molecule has 0 saturated carbocycles. The van der Waals surface area contributed by atoms with Gasteiger partial charge in [-0.05, 0) is 47.6 Å². The molecule has 1 heterocycles. The summed E-state index contributed by atoms with van der Waals surface area (Å²) in [4.78, 5) is 16.3. The van der Waals surface area contributed by atoms with Gasteiger partial charge >= 0.3 is 13.2 Å². The molecular formula is C27H29BFN3O4. The van der Waals surface area contributed by atoms with Gasteiger partial charge in [0, 0.05) is 12.6 Å². The molecule has 0 fully saturated rings. The van der Waals surface area contributed by atoms with Crippen molar-refractivity contribution in [3.05, 3.63) is 101 Å². The highest BCUT2D eigenvalue weighted by atomic mass is 19.1. The number of nitrogens with zero attached hydrogens (tertiary/aromatic N) is 2. The molecule has 0 radical (unpaired) electrons. The van der Waals surface area contributed by atoms with E-state index in [1.807, 2.05) is 61.5 Å². The summed E-state index contributed by atoms with van der Waals surface area (Å²) < 4.78 is 19.4. The maximum Gasteiger partial charge on any atom is 0.475 e. The van der Waals surface area contributed by atoms with Crippen LogP contribution in [0.25, 0.3) is 0 Å². The van der Waals surface area contributed by atoms with Crippen LogP contribution in [0.4, 0.5) is 9.18 Å². The fraction of sp³-hybridized carbons (Fsp3) is 0.296. The molecule has 2 aromatic carbocycles. The number of carbonyl (C=O) groups excluding carboxylic acids is 1. The summed E-state index contributed by atoms with van der Waals surface area (Å²) in [6, 6.07) is 21.9. The lowest BCUT2D eigenvalue weighted by Gasteiger charge is -2.18. The Labute approximate surface area is 210 Å². The summed E-state index contributed by atoms with van der Waals surface area (Å²) in [7, 11) is -1.73. The molecule has 0 saturated heterocycles. The van der Waals surface area contributed by atoms with Crippen LogP contribution in [0, 0.1) is 23.1 Å². The number of pyridine rings is 1. The first-order chi connectivity index (χ1) is 17.4. The van der Waals surface area contributed by atoms with Gasteiger partial charge in [-0.2, -0.15) is 5.26 Å². The molecule has 1 aromatic heterocycles. The van der Waals surface area contributed by atoms with Crippen molar-refractivity contribution in [2.45, 2.75) is 38.0 Å². The van der Waals surface area contributed by atoms with Crippen LogP contribution >= 0.6 is 0 Å². The number of carbonyl (C=O) groups is 1. The van der Waals surface area contributed by atoms with Crippen molar-refractivity contribution < 1.29 is 24.0 Å². The maximum absolute atomic E-state index is 14.1. The second-order valence-corrected chi connectivity index (χ2v) is 8.72. The molecule has 3 aromatic rings. The highest BCUT2D eigenvalue weighted by molar-refractivity contribution is 6.43. The van der Waals surface area contributed by atoms with E-state index in [0.717, 1.165) is 16.7 Å². The molecule has 3 N–H and O–H groups in total. The summed E-state index contributed by atoms with van der Waals surface area (Å²) in [5, 5.41) is 31.3.